The highest BCUT2D eigenvalue weighted by molar-refractivity contribution is 5.79. The molecule has 0 fully saturated rings. The molecule has 0 saturated heterocycles. The maximum atomic E-state index is 11.9. The van der Waals surface area contributed by atoms with Gasteiger partial charge in [0, 0.05) is 18.4 Å². The van der Waals surface area contributed by atoms with Gasteiger partial charge in [-0.2, -0.15) is 0 Å². The van der Waals surface area contributed by atoms with Crippen LogP contribution in [0.25, 0.3) is 11.1 Å². The number of carbonyl (C=O) groups excluding carboxylic acids is 1. The molecule has 1 N–H and O–H groups in total. The third kappa shape index (κ3) is 3.07. The largest absolute Gasteiger partial charge is 0.449 e. The number of rotatable bonds is 4. The quantitative estimate of drug-likeness (QED) is 0.869. The summed E-state index contributed by atoms with van der Waals surface area (Å²) in [6.45, 7) is 2.18. The summed E-state index contributed by atoms with van der Waals surface area (Å²) in [6.07, 6.45) is 5.31. The minimum atomic E-state index is -0.422. The Bertz CT molecular complexity index is 715. The molecule has 0 heterocycles. The maximum absolute atomic E-state index is 11.9. The molecule has 1 amide bonds. The Hall–Kier alpha value is -2.73. The molecule has 23 heavy (non-hydrogen) atoms. The number of terminal acetylenes is 1. The van der Waals surface area contributed by atoms with Crippen LogP contribution in [0.4, 0.5) is 4.79 Å². The van der Waals surface area contributed by atoms with Crippen LogP contribution in [0, 0.1) is 12.3 Å². The molecule has 0 bridgehead atoms. The van der Waals surface area contributed by atoms with Crippen molar-refractivity contribution < 1.29 is 9.53 Å². The number of carbonyl (C=O) groups is 1. The lowest BCUT2D eigenvalue weighted by Crippen LogP contribution is -2.33. The van der Waals surface area contributed by atoms with Gasteiger partial charge in [0.15, 0.2) is 0 Å². The van der Waals surface area contributed by atoms with E-state index in [1.54, 1.807) is 0 Å². The topological polar surface area (TPSA) is 38.3 Å². The Morgan fingerprint density at radius 3 is 2.30 bits per heavy atom. The molecule has 2 aromatic rings. The van der Waals surface area contributed by atoms with Gasteiger partial charge in [-0.05, 0) is 29.2 Å². The Labute approximate surface area is 136 Å². The first-order valence-electron chi connectivity index (χ1n) is 7.75. The standard InChI is InChI=1S/C20H19NO2/c1-3-8-14(2)21-20(22)23-13-19-17-11-6-4-9-15(17)16-10-5-7-12-18(16)19/h1,4-7,9-12,14,19H,8,13H2,2H3,(H,21,22)/t14-/m1/s1. The second-order valence-electron chi connectivity index (χ2n) is 5.78. The van der Waals surface area contributed by atoms with E-state index in [0.717, 1.165) is 0 Å². The number of hydrogen-bond donors (Lipinski definition) is 1. The first kappa shape index (κ1) is 15.2. The molecular weight excluding hydrogens is 286 g/mol. The summed E-state index contributed by atoms with van der Waals surface area (Å²) in [7, 11) is 0. The van der Waals surface area contributed by atoms with Crippen molar-refractivity contribution in [2.45, 2.75) is 25.3 Å². The number of alkyl carbamates (subject to hydrolysis) is 1. The Morgan fingerprint density at radius 1 is 1.17 bits per heavy atom. The average Bonchev–Trinajstić information content (AvgIpc) is 2.87. The van der Waals surface area contributed by atoms with Crippen molar-refractivity contribution in [3.05, 3.63) is 59.7 Å². The van der Waals surface area contributed by atoms with Gasteiger partial charge in [0.25, 0.3) is 0 Å². The van der Waals surface area contributed by atoms with Crippen molar-refractivity contribution in [2.75, 3.05) is 6.61 Å². The molecule has 0 aliphatic heterocycles. The van der Waals surface area contributed by atoms with E-state index in [-0.39, 0.29) is 12.0 Å². The third-order valence-corrected chi connectivity index (χ3v) is 4.13. The summed E-state index contributed by atoms with van der Waals surface area (Å²) < 4.78 is 5.44. The molecule has 3 heteroatoms. The van der Waals surface area contributed by atoms with Crippen LogP contribution in [0.5, 0.6) is 0 Å². The highest BCUT2D eigenvalue weighted by atomic mass is 16.5. The molecule has 1 aliphatic rings. The molecule has 2 aromatic carbocycles. The van der Waals surface area contributed by atoms with Crippen molar-refractivity contribution in [3.8, 4) is 23.5 Å². The zero-order valence-electron chi connectivity index (χ0n) is 13.1. The minimum Gasteiger partial charge on any atom is -0.449 e. The van der Waals surface area contributed by atoms with Gasteiger partial charge in [0.05, 0.1) is 0 Å². The van der Waals surface area contributed by atoms with Crippen molar-refractivity contribution in [3.63, 3.8) is 0 Å². The highest BCUT2D eigenvalue weighted by Gasteiger charge is 2.29. The van der Waals surface area contributed by atoms with Crippen LogP contribution in [0.15, 0.2) is 48.5 Å². The van der Waals surface area contributed by atoms with Crippen LogP contribution in [0.3, 0.4) is 0 Å². The van der Waals surface area contributed by atoms with Gasteiger partial charge < -0.3 is 10.1 Å². The summed E-state index contributed by atoms with van der Waals surface area (Å²) in [5.74, 6) is 2.61. The van der Waals surface area contributed by atoms with Gasteiger partial charge in [-0.25, -0.2) is 4.79 Å². The zero-order valence-corrected chi connectivity index (χ0v) is 13.1. The van der Waals surface area contributed by atoms with E-state index in [0.29, 0.717) is 13.0 Å². The molecule has 3 nitrogen and oxygen atoms in total. The second-order valence-corrected chi connectivity index (χ2v) is 5.78. The monoisotopic (exact) mass is 305 g/mol. The van der Waals surface area contributed by atoms with Gasteiger partial charge >= 0.3 is 6.09 Å². The van der Waals surface area contributed by atoms with Crippen LogP contribution < -0.4 is 5.32 Å². The summed E-state index contributed by atoms with van der Waals surface area (Å²) in [5, 5.41) is 2.75. The van der Waals surface area contributed by atoms with E-state index in [2.05, 4.69) is 35.5 Å². The van der Waals surface area contributed by atoms with E-state index in [1.165, 1.54) is 22.3 Å². The predicted molar refractivity (Wildman–Crippen MR) is 91.1 cm³/mol. The third-order valence-electron chi connectivity index (χ3n) is 4.13. The fourth-order valence-electron chi connectivity index (χ4n) is 3.07. The van der Waals surface area contributed by atoms with Gasteiger partial charge in [-0.1, -0.05) is 48.5 Å². The molecule has 0 radical (unpaired) electrons. The zero-order chi connectivity index (χ0) is 16.2. The molecule has 1 atom stereocenters. The SMILES string of the molecule is C#CC[C@@H](C)NC(=O)OCC1c2ccccc2-c2ccccc21. The van der Waals surface area contributed by atoms with Gasteiger partial charge in [0.2, 0.25) is 0 Å². The molecule has 0 saturated carbocycles. The summed E-state index contributed by atoms with van der Waals surface area (Å²) in [5.41, 5.74) is 4.85. The summed E-state index contributed by atoms with van der Waals surface area (Å²) >= 11 is 0. The summed E-state index contributed by atoms with van der Waals surface area (Å²) in [4.78, 5) is 11.9. The molecular formula is C20H19NO2. The number of benzene rings is 2. The lowest BCUT2D eigenvalue weighted by atomic mass is 9.98. The predicted octanol–water partition coefficient (Wildman–Crippen LogP) is 3.94. The lowest BCUT2D eigenvalue weighted by molar-refractivity contribution is 0.140. The molecule has 0 unspecified atom stereocenters. The van der Waals surface area contributed by atoms with Crippen LogP contribution in [0.1, 0.15) is 30.4 Å². The van der Waals surface area contributed by atoms with Crippen LogP contribution >= 0.6 is 0 Å². The number of fused-ring (bicyclic) bond motifs is 3. The highest BCUT2D eigenvalue weighted by Crippen LogP contribution is 2.44. The molecule has 1 aliphatic carbocycles. The smallest absolute Gasteiger partial charge is 0.407 e. The van der Waals surface area contributed by atoms with Gasteiger partial charge in [-0.3, -0.25) is 0 Å². The number of hydrogen-bond acceptors (Lipinski definition) is 2. The first-order valence-corrected chi connectivity index (χ1v) is 7.75. The van der Waals surface area contributed by atoms with E-state index in [4.69, 9.17) is 11.2 Å². The van der Waals surface area contributed by atoms with Gasteiger partial charge in [0.1, 0.15) is 6.61 Å². The van der Waals surface area contributed by atoms with E-state index >= 15 is 0 Å². The van der Waals surface area contributed by atoms with E-state index in [1.807, 2.05) is 31.2 Å². The van der Waals surface area contributed by atoms with Crippen molar-refractivity contribution in [2.24, 2.45) is 0 Å². The Balaban J connectivity index is 1.74. The fraction of sp³-hybridized carbons (Fsp3) is 0.250. The summed E-state index contributed by atoms with van der Waals surface area (Å²) in [6, 6.07) is 16.5. The van der Waals surface area contributed by atoms with E-state index in [9.17, 15) is 4.79 Å². The molecule has 0 aromatic heterocycles. The number of ether oxygens (including phenoxy) is 1. The Kier molecular flexibility index (Phi) is 4.34. The van der Waals surface area contributed by atoms with Crippen molar-refractivity contribution >= 4 is 6.09 Å². The number of nitrogens with one attached hydrogen (secondary N) is 1. The van der Waals surface area contributed by atoms with Crippen LogP contribution in [-0.4, -0.2) is 18.7 Å². The fourth-order valence-corrected chi connectivity index (χ4v) is 3.07. The van der Waals surface area contributed by atoms with Crippen LogP contribution in [-0.2, 0) is 4.74 Å². The van der Waals surface area contributed by atoms with E-state index < -0.39 is 6.09 Å². The molecule has 0 spiro atoms. The van der Waals surface area contributed by atoms with Crippen molar-refractivity contribution in [1.82, 2.24) is 5.32 Å². The first-order chi connectivity index (χ1) is 11.2. The Morgan fingerprint density at radius 2 is 1.74 bits per heavy atom. The molecule has 3 rings (SSSR count). The minimum absolute atomic E-state index is 0.0797. The molecule has 116 valence electrons. The second kappa shape index (κ2) is 6.58. The van der Waals surface area contributed by atoms with Crippen molar-refractivity contribution in [1.29, 1.82) is 0 Å². The maximum Gasteiger partial charge on any atom is 0.407 e. The average molecular weight is 305 g/mol. The van der Waals surface area contributed by atoms with Crippen LogP contribution in [0.2, 0.25) is 0 Å². The normalized spacial score (nSPS) is 13.6. The number of amides is 1. The lowest BCUT2D eigenvalue weighted by Gasteiger charge is -2.16. The van der Waals surface area contributed by atoms with Gasteiger partial charge in [-0.15, -0.1) is 12.3 Å².